The van der Waals surface area contributed by atoms with Crippen molar-refractivity contribution in [1.29, 1.82) is 0 Å². The van der Waals surface area contributed by atoms with Crippen molar-refractivity contribution in [1.82, 2.24) is 5.32 Å². The zero-order chi connectivity index (χ0) is 45.0. The zero-order valence-corrected chi connectivity index (χ0v) is 42.1. The van der Waals surface area contributed by atoms with Crippen LogP contribution in [0.3, 0.4) is 0 Å². The van der Waals surface area contributed by atoms with E-state index in [1.54, 1.807) is 6.08 Å². The van der Waals surface area contributed by atoms with Crippen LogP contribution in [0.4, 0.5) is 0 Å². The van der Waals surface area contributed by atoms with Crippen molar-refractivity contribution in [3.8, 4) is 0 Å². The third-order valence-corrected chi connectivity index (χ3v) is 12.9. The Morgan fingerprint density at radius 3 is 1.30 bits per heavy atom. The number of allylic oxidation sites excluding steroid dienone is 3. The first kappa shape index (κ1) is 60.0. The summed E-state index contributed by atoms with van der Waals surface area (Å²) in [5, 5.41) is 13.6. The van der Waals surface area contributed by atoms with E-state index in [1.165, 1.54) is 193 Å². The number of rotatable bonds is 48. The summed E-state index contributed by atoms with van der Waals surface area (Å²) in [4.78, 5) is 22.9. The van der Waals surface area contributed by atoms with Crippen LogP contribution in [0.5, 0.6) is 0 Å². The van der Waals surface area contributed by atoms with Gasteiger partial charge in [-0.1, -0.05) is 231 Å². The molecular weight excluding hydrogens is 780 g/mol. The first-order valence-corrected chi connectivity index (χ1v) is 27.7. The maximum Gasteiger partial charge on any atom is 0.472 e. The summed E-state index contributed by atoms with van der Waals surface area (Å²) in [7, 11) is 1.57. The summed E-state index contributed by atoms with van der Waals surface area (Å²) < 4.78 is 23.3. The number of hydrogen-bond acceptors (Lipinski definition) is 5. The van der Waals surface area contributed by atoms with Gasteiger partial charge in [0.05, 0.1) is 39.9 Å². The second kappa shape index (κ2) is 44.2. The molecule has 0 heterocycles. The molecule has 61 heavy (non-hydrogen) atoms. The number of aliphatic hydroxyl groups excluding tert-OH is 1. The number of unbranched alkanes of at least 4 members (excludes halogenated alkanes) is 33. The predicted octanol–water partition coefficient (Wildman–Crippen LogP) is 15.3. The fraction of sp³-hybridized carbons (Fsp3) is 0.904. The average molecular weight is 884 g/mol. The van der Waals surface area contributed by atoms with Crippen molar-refractivity contribution in [2.75, 3.05) is 40.9 Å². The van der Waals surface area contributed by atoms with E-state index < -0.39 is 20.0 Å². The Morgan fingerprint density at radius 2 is 0.902 bits per heavy atom. The van der Waals surface area contributed by atoms with Crippen LogP contribution in [0, 0.1) is 0 Å². The SMILES string of the molecule is CCCC/C=C/C(O)C(COP(=O)(O)OCC[N+](C)(C)C)NC(=O)CCCCCCCCCCCCCCCCCCCCCCCCC/C=C\CCCCCCCCCC. The molecule has 0 aromatic carbocycles. The molecule has 0 rings (SSSR count). The topological polar surface area (TPSA) is 105 Å². The van der Waals surface area contributed by atoms with Gasteiger partial charge in [-0.2, -0.15) is 0 Å². The molecule has 362 valence electrons. The molecule has 3 N–H and O–H groups in total. The van der Waals surface area contributed by atoms with Crippen molar-refractivity contribution in [3.63, 3.8) is 0 Å². The highest BCUT2D eigenvalue weighted by atomic mass is 31.2. The van der Waals surface area contributed by atoms with Crippen LogP contribution in [0.15, 0.2) is 24.3 Å². The highest BCUT2D eigenvalue weighted by Gasteiger charge is 2.27. The lowest BCUT2D eigenvalue weighted by Gasteiger charge is -2.25. The van der Waals surface area contributed by atoms with E-state index in [-0.39, 0.29) is 19.1 Å². The third kappa shape index (κ3) is 46.8. The van der Waals surface area contributed by atoms with E-state index in [0.29, 0.717) is 17.4 Å². The third-order valence-electron chi connectivity index (χ3n) is 11.9. The molecule has 0 aliphatic heterocycles. The Bertz CT molecular complexity index is 1050. The monoisotopic (exact) mass is 884 g/mol. The van der Waals surface area contributed by atoms with Gasteiger partial charge < -0.3 is 19.8 Å². The van der Waals surface area contributed by atoms with Crippen LogP contribution in [0.25, 0.3) is 0 Å². The molecule has 0 saturated carbocycles. The number of nitrogens with zero attached hydrogens (tertiary/aromatic N) is 1. The number of aliphatic hydroxyl groups is 1. The molecule has 0 saturated heterocycles. The molecule has 0 aromatic rings. The number of phosphoric ester groups is 1. The molecule has 0 fully saturated rings. The Kier molecular flexibility index (Phi) is 43.5. The summed E-state index contributed by atoms with van der Waals surface area (Å²) >= 11 is 0. The number of phosphoric acid groups is 1. The quantitative estimate of drug-likeness (QED) is 0.0243. The number of amides is 1. The Balaban J connectivity index is 3.68. The van der Waals surface area contributed by atoms with E-state index >= 15 is 0 Å². The molecule has 3 atom stereocenters. The Morgan fingerprint density at radius 1 is 0.541 bits per heavy atom. The molecule has 0 aromatic heterocycles. The average Bonchev–Trinajstić information content (AvgIpc) is 3.21. The number of likely N-dealkylation sites (N-methyl/N-ethyl adjacent to an activating group) is 1. The molecule has 0 spiro atoms. The molecule has 8 nitrogen and oxygen atoms in total. The molecule has 3 unspecified atom stereocenters. The summed E-state index contributed by atoms with van der Waals surface area (Å²) in [6.45, 7) is 4.68. The minimum absolute atomic E-state index is 0.0622. The normalized spacial score (nSPS) is 14.3. The molecule has 9 heteroatoms. The molecule has 1 amide bonds. The largest absolute Gasteiger partial charge is 0.472 e. The van der Waals surface area contributed by atoms with Crippen molar-refractivity contribution in [2.24, 2.45) is 0 Å². The fourth-order valence-corrected chi connectivity index (χ4v) is 8.47. The molecule has 0 aliphatic rings. The van der Waals surface area contributed by atoms with Gasteiger partial charge in [0.15, 0.2) is 0 Å². The van der Waals surface area contributed by atoms with Gasteiger partial charge in [-0.05, 0) is 38.5 Å². The van der Waals surface area contributed by atoms with Gasteiger partial charge in [0.2, 0.25) is 5.91 Å². The predicted molar refractivity (Wildman–Crippen MR) is 263 cm³/mol. The van der Waals surface area contributed by atoms with E-state index in [0.717, 1.165) is 38.5 Å². The van der Waals surface area contributed by atoms with Gasteiger partial charge in [-0.15, -0.1) is 0 Å². The van der Waals surface area contributed by atoms with Crippen molar-refractivity contribution in [2.45, 2.75) is 264 Å². The van der Waals surface area contributed by atoms with Crippen LogP contribution in [-0.4, -0.2) is 73.4 Å². The van der Waals surface area contributed by atoms with Crippen LogP contribution in [0.1, 0.15) is 251 Å². The molecular formula is C52H104N2O6P+. The van der Waals surface area contributed by atoms with Gasteiger partial charge in [0.25, 0.3) is 0 Å². The Hall–Kier alpha value is -1.02. The summed E-state index contributed by atoms with van der Waals surface area (Å²) in [5.74, 6) is -0.182. The smallest absolute Gasteiger partial charge is 0.387 e. The van der Waals surface area contributed by atoms with Gasteiger partial charge in [0, 0.05) is 6.42 Å². The lowest BCUT2D eigenvalue weighted by molar-refractivity contribution is -0.870. The second-order valence-electron chi connectivity index (χ2n) is 19.3. The summed E-state index contributed by atoms with van der Waals surface area (Å²) in [6.07, 6.45) is 55.1. The molecule has 0 radical (unpaired) electrons. The number of hydrogen-bond donors (Lipinski definition) is 3. The van der Waals surface area contributed by atoms with Gasteiger partial charge in [-0.3, -0.25) is 13.8 Å². The first-order valence-electron chi connectivity index (χ1n) is 26.2. The lowest BCUT2D eigenvalue weighted by Crippen LogP contribution is -2.45. The van der Waals surface area contributed by atoms with Crippen LogP contribution in [-0.2, 0) is 18.4 Å². The first-order chi connectivity index (χ1) is 29.5. The van der Waals surface area contributed by atoms with Crippen LogP contribution < -0.4 is 5.32 Å². The summed E-state index contributed by atoms with van der Waals surface area (Å²) in [6, 6.07) is -0.838. The highest BCUT2D eigenvalue weighted by molar-refractivity contribution is 7.47. The molecule has 0 bridgehead atoms. The minimum atomic E-state index is -4.32. The Labute approximate surface area is 379 Å². The highest BCUT2D eigenvalue weighted by Crippen LogP contribution is 2.43. The van der Waals surface area contributed by atoms with Gasteiger partial charge in [-0.25, -0.2) is 4.57 Å². The van der Waals surface area contributed by atoms with Gasteiger partial charge in [0.1, 0.15) is 13.2 Å². The maximum absolute atomic E-state index is 12.8. The lowest BCUT2D eigenvalue weighted by atomic mass is 10.0. The number of carbonyl (C=O) groups is 1. The van der Waals surface area contributed by atoms with E-state index in [4.69, 9.17) is 9.05 Å². The number of quaternary nitrogens is 1. The van der Waals surface area contributed by atoms with E-state index in [1.807, 2.05) is 27.2 Å². The summed E-state index contributed by atoms with van der Waals surface area (Å²) in [5.41, 5.74) is 0. The van der Waals surface area contributed by atoms with Crippen LogP contribution in [0.2, 0.25) is 0 Å². The van der Waals surface area contributed by atoms with Crippen LogP contribution >= 0.6 is 7.82 Å². The number of carbonyl (C=O) groups excluding carboxylic acids is 1. The minimum Gasteiger partial charge on any atom is -0.387 e. The van der Waals surface area contributed by atoms with E-state index in [9.17, 15) is 19.4 Å². The van der Waals surface area contributed by atoms with E-state index in [2.05, 4.69) is 31.3 Å². The van der Waals surface area contributed by atoms with Gasteiger partial charge >= 0.3 is 7.82 Å². The standard InChI is InChI=1S/C52H103N2O6P/c1-6-8-10-12-13-14-15-16-17-18-19-20-21-22-23-24-25-26-27-28-29-30-31-32-33-34-35-36-37-38-39-40-41-42-44-46-52(56)53-50(51(55)45-43-11-9-7-2)49-60-61(57,58)59-48-47-54(3,4)5/h18-19,43,45,50-51,55H,6-17,20-42,44,46-49H2,1-5H3,(H-,53,56,57,58)/p+1/b19-18-,45-43+. The number of nitrogens with one attached hydrogen (secondary N) is 1. The van der Waals surface area contributed by atoms with Crippen molar-refractivity contribution < 1.29 is 32.9 Å². The molecule has 0 aliphatic carbocycles. The zero-order valence-electron chi connectivity index (χ0n) is 41.2. The van der Waals surface area contributed by atoms with Crippen molar-refractivity contribution in [3.05, 3.63) is 24.3 Å². The fourth-order valence-electron chi connectivity index (χ4n) is 7.73. The van der Waals surface area contributed by atoms with Crippen molar-refractivity contribution >= 4 is 13.7 Å². The maximum atomic E-state index is 12.8. The second-order valence-corrected chi connectivity index (χ2v) is 20.7.